The summed E-state index contributed by atoms with van der Waals surface area (Å²) in [4.78, 5) is 26.1. The molecule has 0 radical (unpaired) electrons. The second-order valence-electron chi connectivity index (χ2n) is 7.87. The van der Waals surface area contributed by atoms with Crippen molar-refractivity contribution in [2.75, 3.05) is 12.4 Å². The Morgan fingerprint density at radius 2 is 1.25 bits per heavy atom. The van der Waals surface area contributed by atoms with Crippen LogP contribution in [0.4, 0.5) is 5.69 Å². The van der Waals surface area contributed by atoms with E-state index in [4.69, 9.17) is 4.74 Å². The fourth-order valence-electron chi connectivity index (χ4n) is 4.45. The molecule has 3 aromatic carbocycles. The van der Waals surface area contributed by atoms with Crippen molar-refractivity contribution in [1.29, 1.82) is 0 Å². The first kappa shape index (κ1) is 21.4. The van der Waals surface area contributed by atoms with Gasteiger partial charge in [0.15, 0.2) is 0 Å². The highest BCUT2D eigenvalue weighted by Gasteiger charge is 2.46. The summed E-state index contributed by atoms with van der Waals surface area (Å²) in [6.07, 6.45) is 3.91. The van der Waals surface area contributed by atoms with Gasteiger partial charge in [-0.1, -0.05) is 72.8 Å². The Kier molecular flexibility index (Phi) is 6.36. The van der Waals surface area contributed by atoms with Crippen LogP contribution in [0.2, 0.25) is 0 Å². The number of allylic oxidation sites excluding steroid dienone is 2. The molecule has 1 aliphatic rings. The van der Waals surface area contributed by atoms with Gasteiger partial charge in [-0.2, -0.15) is 0 Å². The van der Waals surface area contributed by atoms with Gasteiger partial charge in [0.05, 0.1) is 18.9 Å². The third-order valence-electron chi connectivity index (χ3n) is 6.00. The summed E-state index contributed by atoms with van der Waals surface area (Å²) >= 11 is 0. The molecule has 5 nitrogen and oxygen atoms in total. The molecule has 162 valence electrons. The summed E-state index contributed by atoms with van der Waals surface area (Å²) < 4.78 is 5.18. The number of methoxy groups -OCH3 is 1. The van der Waals surface area contributed by atoms with Gasteiger partial charge in [0.1, 0.15) is 5.75 Å². The summed E-state index contributed by atoms with van der Waals surface area (Å²) in [6, 6.07) is 26.1. The van der Waals surface area contributed by atoms with Gasteiger partial charge in [0.25, 0.3) is 0 Å². The van der Waals surface area contributed by atoms with Crippen molar-refractivity contribution in [1.82, 2.24) is 0 Å². The van der Waals surface area contributed by atoms with Crippen LogP contribution in [0.15, 0.2) is 97.1 Å². The summed E-state index contributed by atoms with van der Waals surface area (Å²) in [5, 5.41) is 13.2. The SMILES string of the molecule is COc1ccc(NC(=O)C2C(c3ccccc3)C=CC(c3ccccc3)C2C(=O)O)cc1. The second-order valence-corrected chi connectivity index (χ2v) is 7.87. The van der Waals surface area contributed by atoms with Crippen molar-refractivity contribution < 1.29 is 19.4 Å². The lowest BCUT2D eigenvalue weighted by atomic mass is 9.66. The molecule has 4 atom stereocenters. The highest BCUT2D eigenvalue weighted by Crippen LogP contribution is 2.45. The number of hydrogen-bond acceptors (Lipinski definition) is 3. The topological polar surface area (TPSA) is 75.6 Å². The molecule has 0 bridgehead atoms. The van der Waals surface area contributed by atoms with Gasteiger partial charge in [-0.05, 0) is 35.4 Å². The van der Waals surface area contributed by atoms with Crippen LogP contribution in [-0.4, -0.2) is 24.1 Å². The summed E-state index contributed by atoms with van der Waals surface area (Å²) in [5.74, 6) is -3.08. The van der Waals surface area contributed by atoms with E-state index in [1.165, 1.54) is 0 Å². The minimum absolute atomic E-state index is 0.318. The summed E-state index contributed by atoms with van der Waals surface area (Å²) in [5.41, 5.74) is 2.39. The van der Waals surface area contributed by atoms with E-state index in [1.807, 2.05) is 72.8 Å². The van der Waals surface area contributed by atoms with E-state index in [2.05, 4.69) is 5.32 Å². The molecule has 4 rings (SSSR count). The van der Waals surface area contributed by atoms with E-state index >= 15 is 0 Å². The smallest absolute Gasteiger partial charge is 0.308 e. The number of carboxylic acids is 1. The predicted molar refractivity (Wildman–Crippen MR) is 124 cm³/mol. The first-order valence-electron chi connectivity index (χ1n) is 10.5. The molecule has 0 heterocycles. The molecule has 4 unspecified atom stereocenters. The van der Waals surface area contributed by atoms with Gasteiger partial charge in [-0.25, -0.2) is 0 Å². The van der Waals surface area contributed by atoms with Crippen LogP contribution in [-0.2, 0) is 9.59 Å². The zero-order chi connectivity index (χ0) is 22.5. The fraction of sp³-hybridized carbons (Fsp3) is 0.185. The van der Waals surface area contributed by atoms with Crippen LogP contribution in [0.3, 0.4) is 0 Å². The standard InChI is InChI=1S/C27H25NO4/c1-32-21-14-12-20(13-15-21)28-26(29)24-22(18-8-4-2-5-9-18)16-17-23(25(24)27(30)31)19-10-6-3-7-11-19/h2-17,22-25H,1H3,(H,28,29)(H,30,31). The number of nitrogens with one attached hydrogen (secondary N) is 1. The first-order chi connectivity index (χ1) is 15.6. The number of carbonyl (C=O) groups excluding carboxylic acids is 1. The Hall–Kier alpha value is -3.86. The molecule has 3 aromatic rings. The van der Waals surface area contributed by atoms with Gasteiger partial charge in [-0.15, -0.1) is 0 Å². The van der Waals surface area contributed by atoms with Gasteiger partial charge in [-0.3, -0.25) is 9.59 Å². The number of anilines is 1. The van der Waals surface area contributed by atoms with Crippen molar-refractivity contribution in [2.45, 2.75) is 11.8 Å². The maximum Gasteiger partial charge on any atom is 0.308 e. The quantitative estimate of drug-likeness (QED) is 0.538. The Bertz CT molecular complexity index is 1090. The molecule has 0 saturated heterocycles. The van der Waals surface area contributed by atoms with Gasteiger partial charge in [0.2, 0.25) is 5.91 Å². The van der Waals surface area contributed by atoms with E-state index in [-0.39, 0.29) is 11.8 Å². The third-order valence-corrected chi connectivity index (χ3v) is 6.00. The lowest BCUT2D eigenvalue weighted by Crippen LogP contribution is -2.42. The average Bonchev–Trinajstić information content (AvgIpc) is 2.84. The van der Waals surface area contributed by atoms with Crippen LogP contribution in [0.5, 0.6) is 5.75 Å². The number of hydrogen-bond donors (Lipinski definition) is 2. The normalized spacial score (nSPS) is 22.2. The van der Waals surface area contributed by atoms with Crippen molar-refractivity contribution >= 4 is 17.6 Å². The van der Waals surface area contributed by atoms with E-state index in [9.17, 15) is 14.7 Å². The van der Waals surface area contributed by atoms with E-state index in [0.717, 1.165) is 11.1 Å². The zero-order valence-electron chi connectivity index (χ0n) is 17.7. The highest BCUT2D eigenvalue weighted by molar-refractivity contribution is 5.96. The largest absolute Gasteiger partial charge is 0.497 e. The lowest BCUT2D eigenvalue weighted by Gasteiger charge is -2.37. The van der Waals surface area contributed by atoms with E-state index < -0.39 is 23.7 Å². The lowest BCUT2D eigenvalue weighted by molar-refractivity contribution is -0.147. The number of amides is 1. The van der Waals surface area contributed by atoms with Crippen molar-refractivity contribution in [3.05, 3.63) is 108 Å². The van der Waals surface area contributed by atoms with Crippen LogP contribution in [0, 0.1) is 11.8 Å². The third kappa shape index (κ3) is 4.42. The number of ether oxygens (including phenoxy) is 1. The van der Waals surface area contributed by atoms with Crippen LogP contribution in [0.25, 0.3) is 0 Å². The molecule has 0 aromatic heterocycles. The number of benzene rings is 3. The van der Waals surface area contributed by atoms with Gasteiger partial charge >= 0.3 is 5.97 Å². The number of rotatable bonds is 6. The van der Waals surface area contributed by atoms with Gasteiger partial charge in [0, 0.05) is 17.5 Å². The molecule has 32 heavy (non-hydrogen) atoms. The van der Waals surface area contributed by atoms with Crippen molar-refractivity contribution in [3.63, 3.8) is 0 Å². The summed E-state index contributed by atoms with van der Waals surface area (Å²) in [6.45, 7) is 0. The van der Waals surface area contributed by atoms with Crippen LogP contribution in [0.1, 0.15) is 23.0 Å². The first-order valence-corrected chi connectivity index (χ1v) is 10.5. The maximum atomic E-state index is 13.6. The van der Waals surface area contributed by atoms with E-state index in [1.54, 1.807) is 31.4 Å². The molecule has 0 fully saturated rings. The molecule has 5 heteroatoms. The minimum Gasteiger partial charge on any atom is -0.497 e. The zero-order valence-corrected chi connectivity index (χ0v) is 17.7. The molecular formula is C27H25NO4. The molecule has 0 aliphatic heterocycles. The predicted octanol–water partition coefficient (Wildman–Crippen LogP) is 5.09. The molecule has 1 aliphatic carbocycles. The summed E-state index contributed by atoms with van der Waals surface area (Å²) in [7, 11) is 1.58. The van der Waals surface area contributed by atoms with Crippen molar-refractivity contribution in [2.24, 2.45) is 11.8 Å². The Morgan fingerprint density at radius 3 is 1.72 bits per heavy atom. The maximum absolute atomic E-state index is 13.6. The van der Waals surface area contributed by atoms with Crippen LogP contribution < -0.4 is 10.1 Å². The Labute approximate surface area is 187 Å². The number of carboxylic acid groups (broad SMARTS) is 1. The molecule has 0 saturated carbocycles. The fourth-order valence-corrected chi connectivity index (χ4v) is 4.45. The number of carbonyl (C=O) groups is 2. The molecule has 1 amide bonds. The van der Waals surface area contributed by atoms with Gasteiger partial charge < -0.3 is 15.2 Å². The van der Waals surface area contributed by atoms with Crippen LogP contribution >= 0.6 is 0 Å². The molecule has 2 N–H and O–H groups in total. The Balaban J connectivity index is 1.74. The molecular weight excluding hydrogens is 402 g/mol. The molecule has 0 spiro atoms. The number of aliphatic carboxylic acids is 1. The Morgan fingerprint density at radius 1 is 0.750 bits per heavy atom. The highest BCUT2D eigenvalue weighted by atomic mass is 16.5. The van der Waals surface area contributed by atoms with E-state index in [0.29, 0.717) is 11.4 Å². The second kappa shape index (κ2) is 9.52. The van der Waals surface area contributed by atoms with Crippen molar-refractivity contribution in [3.8, 4) is 5.75 Å². The average molecular weight is 428 g/mol. The monoisotopic (exact) mass is 427 g/mol. The minimum atomic E-state index is -0.987.